The van der Waals surface area contributed by atoms with Crippen molar-refractivity contribution in [2.45, 2.75) is 84.7 Å². The summed E-state index contributed by atoms with van der Waals surface area (Å²) in [5, 5.41) is 6.50. The van der Waals surface area contributed by atoms with Gasteiger partial charge in [0.15, 0.2) is 12.2 Å². The normalized spacial score (nSPS) is 15.8. The summed E-state index contributed by atoms with van der Waals surface area (Å²) in [5.74, 6) is -0.0835. The van der Waals surface area contributed by atoms with Gasteiger partial charge in [-0.1, -0.05) is 58.9 Å². The van der Waals surface area contributed by atoms with Gasteiger partial charge in [0.1, 0.15) is 5.60 Å². The first-order valence-electron chi connectivity index (χ1n) is 9.69. The van der Waals surface area contributed by atoms with Crippen molar-refractivity contribution in [3.63, 3.8) is 0 Å². The lowest BCUT2D eigenvalue weighted by Gasteiger charge is -2.37. The maximum atomic E-state index is 12.4. The molecule has 0 amide bonds. The summed E-state index contributed by atoms with van der Waals surface area (Å²) >= 11 is 0. The van der Waals surface area contributed by atoms with Crippen LogP contribution in [0.5, 0.6) is 0 Å². The fourth-order valence-corrected chi connectivity index (χ4v) is 3.55. The Bertz CT molecular complexity index is 622. The van der Waals surface area contributed by atoms with E-state index in [-0.39, 0.29) is 11.7 Å². The van der Waals surface area contributed by atoms with Gasteiger partial charge in [-0.15, -0.1) is 0 Å². The monoisotopic (exact) mass is 372 g/mol. The molecular formula is C22H37BN2O2. The molecule has 1 aromatic rings. The van der Waals surface area contributed by atoms with Crippen molar-refractivity contribution in [1.82, 2.24) is 0 Å². The maximum absolute atomic E-state index is 12.4. The molecule has 0 aliphatic carbocycles. The molecule has 4 nitrogen and oxygen atoms in total. The van der Waals surface area contributed by atoms with Gasteiger partial charge in [-0.05, 0) is 50.1 Å². The number of carbonyl (C=O) groups is 1. The minimum atomic E-state index is -0.943. The van der Waals surface area contributed by atoms with Crippen LogP contribution in [0.3, 0.4) is 0 Å². The van der Waals surface area contributed by atoms with Crippen molar-refractivity contribution >= 4 is 20.0 Å². The zero-order valence-electron chi connectivity index (χ0n) is 18.3. The predicted molar refractivity (Wildman–Crippen MR) is 116 cm³/mol. The molecule has 3 N–H and O–H groups in total. The van der Waals surface area contributed by atoms with Gasteiger partial charge in [0, 0.05) is 5.92 Å². The smallest absolute Gasteiger partial charge is 0.167 e. The first kappa shape index (κ1) is 25.4. The summed E-state index contributed by atoms with van der Waals surface area (Å²) < 4.78 is 5.38. The highest BCUT2D eigenvalue weighted by Crippen LogP contribution is 2.34. The number of nitrogens with one attached hydrogen (secondary N) is 1. The van der Waals surface area contributed by atoms with Crippen LogP contribution in [0, 0.1) is 11.3 Å². The van der Waals surface area contributed by atoms with Gasteiger partial charge in [0.2, 0.25) is 0 Å². The highest BCUT2D eigenvalue weighted by atomic mass is 16.5. The summed E-state index contributed by atoms with van der Waals surface area (Å²) in [6.45, 7) is 15.3. The van der Waals surface area contributed by atoms with Crippen LogP contribution < -0.4 is 5.73 Å². The topological polar surface area (TPSA) is 76.2 Å². The summed E-state index contributed by atoms with van der Waals surface area (Å²) in [4.78, 5) is 12.4. The third-order valence-corrected chi connectivity index (χ3v) is 4.45. The van der Waals surface area contributed by atoms with Gasteiger partial charge in [-0.2, -0.15) is 0 Å². The van der Waals surface area contributed by atoms with Crippen LogP contribution in [0.25, 0.3) is 0 Å². The molecule has 0 saturated carbocycles. The van der Waals surface area contributed by atoms with Gasteiger partial charge in [0.05, 0.1) is 13.4 Å². The largest absolute Gasteiger partial charge is 0.478 e. The number of Topliss-reactive ketones (excluding diaryl/α,β-unsaturated/α-hetero) is 1. The molecule has 0 aromatic heterocycles. The molecule has 0 fully saturated rings. The van der Waals surface area contributed by atoms with Crippen LogP contribution in [0.4, 0.5) is 0 Å². The van der Waals surface area contributed by atoms with Crippen LogP contribution in [0.2, 0.25) is 0 Å². The Labute approximate surface area is 167 Å². The second kappa shape index (κ2) is 10.1. The van der Waals surface area contributed by atoms with E-state index in [1.807, 2.05) is 72.7 Å². The van der Waals surface area contributed by atoms with Crippen molar-refractivity contribution in [3.05, 3.63) is 35.4 Å². The third kappa shape index (κ3) is 7.49. The minimum Gasteiger partial charge on any atom is -0.478 e. The average Bonchev–Trinajstić information content (AvgIpc) is 2.54. The first-order chi connectivity index (χ1) is 12.3. The summed E-state index contributed by atoms with van der Waals surface area (Å²) in [6.07, 6.45) is 1.89. The molecule has 27 heavy (non-hydrogen) atoms. The molecule has 5 heteroatoms. The Morgan fingerprint density at radius 3 is 2.22 bits per heavy atom. The summed E-state index contributed by atoms with van der Waals surface area (Å²) in [6, 6.07) is 7.83. The maximum Gasteiger partial charge on any atom is 0.167 e. The lowest BCUT2D eigenvalue weighted by molar-refractivity contribution is -0.126. The fourth-order valence-electron chi connectivity index (χ4n) is 3.55. The first-order valence-corrected chi connectivity index (χ1v) is 9.69. The van der Waals surface area contributed by atoms with Crippen LogP contribution >= 0.6 is 0 Å². The molecule has 0 saturated heterocycles. The second-order valence-electron chi connectivity index (χ2n) is 8.36. The number of nitrogens with two attached hydrogens (primary N) is 1. The van der Waals surface area contributed by atoms with E-state index in [4.69, 9.17) is 23.7 Å². The van der Waals surface area contributed by atoms with E-state index >= 15 is 0 Å². The Hall–Kier alpha value is -1.62. The van der Waals surface area contributed by atoms with Crippen molar-refractivity contribution in [2.75, 3.05) is 0 Å². The molecule has 1 rings (SSSR count). The van der Waals surface area contributed by atoms with E-state index in [0.717, 1.165) is 17.5 Å². The van der Waals surface area contributed by atoms with E-state index in [0.29, 0.717) is 12.8 Å². The molecular weight excluding hydrogens is 335 g/mol. The van der Waals surface area contributed by atoms with Gasteiger partial charge in [-0.3, -0.25) is 10.2 Å². The predicted octanol–water partition coefficient (Wildman–Crippen LogP) is 4.37. The molecule has 0 heterocycles. The highest BCUT2D eigenvalue weighted by Gasteiger charge is 2.35. The van der Waals surface area contributed by atoms with Crippen LogP contribution in [-0.4, -0.2) is 31.2 Å². The summed E-state index contributed by atoms with van der Waals surface area (Å²) in [5.41, 5.74) is 6.74. The number of hydrogen-bond donors (Lipinski definition) is 2. The zero-order chi connectivity index (χ0) is 21.5. The van der Waals surface area contributed by atoms with E-state index in [1.54, 1.807) is 6.92 Å². The number of rotatable bonds is 9. The Kier molecular flexibility index (Phi) is 9.47. The number of benzene rings is 1. The Balaban J connectivity index is 0.00000326. The van der Waals surface area contributed by atoms with E-state index in [1.165, 1.54) is 0 Å². The average molecular weight is 372 g/mol. The lowest BCUT2D eigenvalue weighted by Crippen LogP contribution is -2.49. The SMILES string of the molecule is CC.[B]C(C)(CC(C)(C)OC=N)c1ccccc1CC(C)(N)C(=O)C(C)C. The fraction of sp³-hybridized carbons (Fsp3) is 0.636. The molecule has 1 aromatic carbocycles. The van der Waals surface area contributed by atoms with Crippen LogP contribution in [0.15, 0.2) is 24.3 Å². The van der Waals surface area contributed by atoms with E-state index in [2.05, 4.69) is 0 Å². The molecule has 2 unspecified atom stereocenters. The van der Waals surface area contributed by atoms with Gasteiger partial charge < -0.3 is 10.5 Å². The van der Waals surface area contributed by atoms with E-state index < -0.39 is 16.5 Å². The summed E-state index contributed by atoms with van der Waals surface area (Å²) in [7, 11) is 6.63. The van der Waals surface area contributed by atoms with Crippen molar-refractivity contribution in [2.24, 2.45) is 11.7 Å². The number of hydrogen-bond acceptors (Lipinski definition) is 4. The lowest BCUT2D eigenvalue weighted by atomic mass is 9.59. The minimum absolute atomic E-state index is 0.0356. The zero-order valence-corrected chi connectivity index (χ0v) is 18.3. The Morgan fingerprint density at radius 2 is 1.74 bits per heavy atom. The van der Waals surface area contributed by atoms with Crippen LogP contribution in [0.1, 0.15) is 72.9 Å². The standard InChI is InChI=1S/C20H31BN2O2.C2H6/c1-14(2)17(24)20(6,23)11-15-9-7-8-10-16(15)19(5,21)12-18(3,4)25-13-22;1-2/h7-10,13-14,22H,11-12,23H2,1-6H3;1-2H3. The third-order valence-electron chi connectivity index (χ3n) is 4.45. The second-order valence-corrected chi connectivity index (χ2v) is 8.36. The quantitative estimate of drug-likeness (QED) is 0.384. The van der Waals surface area contributed by atoms with E-state index in [9.17, 15) is 4.79 Å². The molecule has 2 radical (unpaired) electrons. The molecule has 0 aliphatic heterocycles. The number of ether oxygens (including phenoxy) is 1. The van der Waals surface area contributed by atoms with Crippen molar-refractivity contribution in [3.8, 4) is 0 Å². The van der Waals surface area contributed by atoms with Crippen molar-refractivity contribution < 1.29 is 9.53 Å². The molecule has 150 valence electrons. The van der Waals surface area contributed by atoms with Gasteiger partial charge >= 0.3 is 0 Å². The molecule has 0 bridgehead atoms. The number of carbonyl (C=O) groups excluding carboxylic acids is 1. The molecule has 0 spiro atoms. The number of ketones is 1. The van der Waals surface area contributed by atoms with Gasteiger partial charge in [-0.25, -0.2) is 0 Å². The van der Waals surface area contributed by atoms with Crippen molar-refractivity contribution in [1.29, 1.82) is 5.41 Å². The molecule has 2 atom stereocenters. The Morgan fingerprint density at radius 1 is 1.22 bits per heavy atom. The highest BCUT2D eigenvalue weighted by molar-refractivity contribution is 6.15. The molecule has 0 aliphatic rings. The van der Waals surface area contributed by atoms with Crippen LogP contribution in [-0.2, 0) is 21.3 Å². The van der Waals surface area contributed by atoms with Gasteiger partial charge in [0.25, 0.3) is 0 Å².